The van der Waals surface area contributed by atoms with Crippen LogP contribution < -0.4 is 0 Å². The van der Waals surface area contributed by atoms with Gasteiger partial charge >= 0.3 is 0 Å². The van der Waals surface area contributed by atoms with Crippen LogP contribution in [0.5, 0.6) is 0 Å². The Morgan fingerprint density at radius 1 is 1.40 bits per heavy atom. The van der Waals surface area contributed by atoms with Crippen molar-refractivity contribution >= 4 is 22.6 Å². The van der Waals surface area contributed by atoms with Crippen molar-refractivity contribution < 1.29 is 9.47 Å². The highest BCUT2D eigenvalue weighted by molar-refractivity contribution is 14.1. The molecule has 2 aliphatic rings. The quantitative estimate of drug-likeness (QED) is 0.517. The molecule has 0 aromatic carbocycles. The van der Waals surface area contributed by atoms with Gasteiger partial charge in [-0.25, -0.2) is 0 Å². The Morgan fingerprint density at radius 3 is 3.00 bits per heavy atom. The molecule has 10 heavy (non-hydrogen) atoms. The van der Waals surface area contributed by atoms with Crippen molar-refractivity contribution in [3.63, 3.8) is 0 Å². The van der Waals surface area contributed by atoms with Crippen LogP contribution >= 0.6 is 22.6 Å². The van der Waals surface area contributed by atoms with Gasteiger partial charge in [0.05, 0.1) is 25.4 Å². The Kier molecular flexibility index (Phi) is 2.15. The van der Waals surface area contributed by atoms with E-state index in [1.165, 1.54) is 6.42 Å². The molecule has 0 spiro atoms. The molecule has 2 rings (SSSR count). The molecule has 2 fully saturated rings. The summed E-state index contributed by atoms with van der Waals surface area (Å²) in [4.78, 5) is 0. The van der Waals surface area contributed by atoms with Crippen molar-refractivity contribution in [1.82, 2.24) is 0 Å². The second kappa shape index (κ2) is 2.95. The second-order valence-corrected chi connectivity index (χ2v) is 3.86. The first-order chi connectivity index (χ1) is 4.90. The maximum atomic E-state index is 5.70. The second-order valence-electron chi connectivity index (χ2n) is 2.98. The van der Waals surface area contributed by atoms with Gasteiger partial charge in [0, 0.05) is 10.3 Å². The minimum atomic E-state index is 0.430. The van der Waals surface area contributed by atoms with Crippen LogP contribution in [0, 0.1) is 5.92 Å². The molecule has 0 aliphatic carbocycles. The van der Waals surface area contributed by atoms with Crippen LogP contribution in [0.15, 0.2) is 0 Å². The lowest BCUT2D eigenvalue weighted by Crippen LogP contribution is -2.14. The van der Waals surface area contributed by atoms with Crippen LogP contribution in [0.4, 0.5) is 0 Å². The highest BCUT2D eigenvalue weighted by atomic mass is 127. The highest BCUT2D eigenvalue weighted by Crippen LogP contribution is 2.31. The first-order valence-electron chi connectivity index (χ1n) is 3.69. The summed E-state index contributed by atoms with van der Waals surface area (Å²) in [5.74, 6) is 0.708. The Hall–Kier alpha value is 0.650. The Balaban J connectivity index is 1.94. The summed E-state index contributed by atoms with van der Waals surface area (Å²) in [5.41, 5.74) is 0. The van der Waals surface area contributed by atoms with Gasteiger partial charge in [-0.15, -0.1) is 0 Å². The summed E-state index contributed by atoms with van der Waals surface area (Å²) in [7, 11) is 0. The summed E-state index contributed by atoms with van der Waals surface area (Å²) in [5, 5.41) is 0. The van der Waals surface area contributed by atoms with E-state index in [-0.39, 0.29) is 0 Å². The summed E-state index contributed by atoms with van der Waals surface area (Å²) in [6.07, 6.45) is 2.16. The fourth-order valence-corrected chi connectivity index (χ4v) is 2.26. The normalized spacial score (nSPS) is 45.9. The van der Waals surface area contributed by atoms with Gasteiger partial charge in [0.15, 0.2) is 0 Å². The molecule has 0 aromatic heterocycles. The Bertz CT molecular complexity index is 117. The van der Waals surface area contributed by atoms with Crippen molar-refractivity contribution in [1.29, 1.82) is 0 Å². The molecule has 0 amide bonds. The van der Waals surface area contributed by atoms with Crippen LogP contribution in [0.3, 0.4) is 0 Å². The molecule has 3 heteroatoms. The van der Waals surface area contributed by atoms with Crippen LogP contribution in [0.2, 0.25) is 0 Å². The molecule has 2 heterocycles. The van der Waals surface area contributed by atoms with Gasteiger partial charge in [-0.3, -0.25) is 0 Å². The van der Waals surface area contributed by atoms with Gasteiger partial charge in [-0.05, 0) is 6.42 Å². The zero-order chi connectivity index (χ0) is 6.97. The van der Waals surface area contributed by atoms with Crippen molar-refractivity contribution in [2.75, 3.05) is 17.6 Å². The molecule has 0 saturated carbocycles. The molecule has 58 valence electrons. The smallest absolute Gasteiger partial charge is 0.0863 e. The van der Waals surface area contributed by atoms with Gasteiger partial charge in [-0.2, -0.15) is 0 Å². The number of halogens is 1. The number of ether oxygens (including phenoxy) is 2. The molecule has 3 unspecified atom stereocenters. The Morgan fingerprint density at radius 2 is 2.30 bits per heavy atom. The number of hydrogen-bond donors (Lipinski definition) is 0. The third-order valence-electron chi connectivity index (χ3n) is 2.24. The summed E-state index contributed by atoms with van der Waals surface area (Å²) in [6.45, 7) is 1.76. The standard InChI is InChI=1S/C7H11IO2/c8-2-6-1-5-3-9-4-7(5)10-6/h5-7H,1-4H2. The van der Waals surface area contributed by atoms with E-state index >= 15 is 0 Å². The molecule has 2 aliphatic heterocycles. The van der Waals surface area contributed by atoms with Gasteiger partial charge in [-0.1, -0.05) is 22.6 Å². The lowest BCUT2D eigenvalue weighted by molar-refractivity contribution is 0.0319. The Labute approximate surface area is 74.4 Å². The third-order valence-corrected chi connectivity index (χ3v) is 3.23. The first-order valence-corrected chi connectivity index (χ1v) is 5.22. The van der Waals surface area contributed by atoms with E-state index in [0.29, 0.717) is 18.1 Å². The maximum absolute atomic E-state index is 5.70. The summed E-state index contributed by atoms with van der Waals surface area (Å²) < 4.78 is 12.1. The first kappa shape index (κ1) is 7.31. The SMILES string of the molecule is ICC1CC2COCC2O1. The predicted octanol–water partition coefficient (Wildman–Crippen LogP) is 1.23. The van der Waals surface area contributed by atoms with E-state index < -0.39 is 0 Å². The van der Waals surface area contributed by atoms with Crippen LogP contribution in [0.1, 0.15) is 6.42 Å². The van der Waals surface area contributed by atoms with E-state index in [0.717, 1.165) is 17.6 Å². The number of hydrogen-bond acceptors (Lipinski definition) is 2. The average Bonchev–Trinajstić information content (AvgIpc) is 2.42. The van der Waals surface area contributed by atoms with Crippen molar-refractivity contribution in [2.45, 2.75) is 18.6 Å². The average molecular weight is 254 g/mol. The minimum Gasteiger partial charge on any atom is -0.378 e. The van der Waals surface area contributed by atoms with Crippen molar-refractivity contribution in [2.24, 2.45) is 5.92 Å². The molecule has 2 saturated heterocycles. The van der Waals surface area contributed by atoms with E-state index in [1.54, 1.807) is 0 Å². The van der Waals surface area contributed by atoms with Crippen LogP contribution in [-0.2, 0) is 9.47 Å². The zero-order valence-corrected chi connectivity index (χ0v) is 7.91. The number of fused-ring (bicyclic) bond motifs is 1. The van der Waals surface area contributed by atoms with E-state index in [1.807, 2.05) is 0 Å². The predicted molar refractivity (Wildman–Crippen MR) is 46.5 cm³/mol. The zero-order valence-electron chi connectivity index (χ0n) is 5.75. The maximum Gasteiger partial charge on any atom is 0.0863 e. The van der Waals surface area contributed by atoms with Gasteiger partial charge in [0.2, 0.25) is 0 Å². The third kappa shape index (κ3) is 1.19. The molecular weight excluding hydrogens is 243 g/mol. The molecule has 0 bridgehead atoms. The van der Waals surface area contributed by atoms with Crippen molar-refractivity contribution in [3.8, 4) is 0 Å². The summed E-state index contributed by atoms with van der Waals surface area (Å²) >= 11 is 2.38. The van der Waals surface area contributed by atoms with Gasteiger partial charge in [0.1, 0.15) is 0 Å². The van der Waals surface area contributed by atoms with E-state index in [4.69, 9.17) is 9.47 Å². The highest BCUT2D eigenvalue weighted by Gasteiger charge is 2.38. The lowest BCUT2D eigenvalue weighted by atomic mass is 10.0. The fourth-order valence-electron chi connectivity index (χ4n) is 1.69. The van der Waals surface area contributed by atoms with Crippen LogP contribution in [-0.4, -0.2) is 29.8 Å². The molecule has 3 atom stereocenters. The molecule has 0 aromatic rings. The lowest BCUT2D eigenvalue weighted by Gasteiger charge is -2.07. The fraction of sp³-hybridized carbons (Fsp3) is 1.00. The summed E-state index contributed by atoms with van der Waals surface area (Å²) in [6, 6.07) is 0. The number of alkyl halides is 1. The van der Waals surface area contributed by atoms with Crippen LogP contribution in [0.25, 0.3) is 0 Å². The number of rotatable bonds is 1. The largest absolute Gasteiger partial charge is 0.378 e. The molecule has 0 N–H and O–H groups in total. The van der Waals surface area contributed by atoms with E-state index in [9.17, 15) is 0 Å². The molecule has 2 nitrogen and oxygen atoms in total. The van der Waals surface area contributed by atoms with Gasteiger partial charge < -0.3 is 9.47 Å². The van der Waals surface area contributed by atoms with E-state index in [2.05, 4.69) is 22.6 Å². The monoisotopic (exact) mass is 254 g/mol. The molecular formula is C7H11IO2. The topological polar surface area (TPSA) is 18.5 Å². The molecule has 0 radical (unpaired) electrons. The van der Waals surface area contributed by atoms with Gasteiger partial charge in [0.25, 0.3) is 0 Å². The minimum absolute atomic E-state index is 0.430. The van der Waals surface area contributed by atoms with Crippen molar-refractivity contribution in [3.05, 3.63) is 0 Å².